The van der Waals surface area contributed by atoms with Gasteiger partial charge in [-0.3, -0.25) is 0 Å². The molecule has 0 bridgehead atoms. The summed E-state index contributed by atoms with van der Waals surface area (Å²) in [7, 11) is 1.96. The fourth-order valence-electron chi connectivity index (χ4n) is 1.75. The topological polar surface area (TPSA) is 87.4 Å². The lowest BCUT2D eigenvalue weighted by molar-refractivity contribution is 0.579. The Balaban J connectivity index is 2.04. The maximum atomic E-state index is 5.53. The number of nitrogens with two attached hydrogens (primary N) is 1. The van der Waals surface area contributed by atoms with Gasteiger partial charge in [-0.15, -0.1) is 20.4 Å². The molecule has 0 atom stereocenters. The molecule has 104 valence electrons. The fourth-order valence-corrected chi connectivity index (χ4v) is 2.61. The minimum atomic E-state index is 0.359. The summed E-state index contributed by atoms with van der Waals surface area (Å²) in [4.78, 5) is 0. The monoisotopic (exact) mass is 281 g/mol. The molecular formula is C11H19N7S. The van der Waals surface area contributed by atoms with E-state index in [9.17, 15) is 0 Å². The van der Waals surface area contributed by atoms with E-state index in [1.807, 2.05) is 11.6 Å². The van der Waals surface area contributed by atoms with Crippen LogP contribution >= 0.6 is 11.8 Å². The molecule has 2 aromatic rings. The summed E-state index contributed by atoms with van der Waals surface area (Å²) in [6.07, 6.45) is 2.50. The van der Waals surface area contributed by atoms with Crippen LogP contribution in [0.2, 0.25) is 0 Å². The lowest BCUT2D eigenvalue weighted by atomic mass is 10.4. The average molecular weight is 281 g/mol. The highest BCUT2D eigenvalue weighted by Crippen LogP contribution is 2.21. The molecule has 2 aromatic heterocycles. The Labute approximate surface area is 116 Å². The highest BCUT2D eigenvalue weighted by Gasteiger charge is 2.12. The molecule has 7 nitrogen and oxygen atoms in total. The third kappa shape index (κ3) is 3.13. The van der Waals surface area contributed by atoms with Gasteiger partial charge in [-0.05, 0) is 20.4 Å². The Bertz CT molecular complexity index is 531. The van der Waals surface area contributed by atoms with Crippen molar-refractivity contribution in [3.63, 3.8) is 0 Å². The highest BCUT2D eigenvalue weighted by molar-refractivity contribution is 7.98. The predicted octanol–water partition coefficient (Wildman–Crippen LogP) is 0.781. The number of hydrogen-bond acceptors (Lipinski definition) is 6. The van der Waals surface area contributed by atoms with Crippen LogP contribution in [-0.2, 0) is 19.2 Å². The largest absolute Gasteiger partial charge is 0.330 e. The Kier molecular flexibility index (Phi) is 4.54. The number of nitrogens with zero attached hydrogens (tertiary/aromatic N) is 6. The van der Waals surface area contributed by atoms with Crippen molar-refractivity contribution in [2.24, 2.45) is 12.8 Å². The second-order valence-electron chi connectivity index (χ2n) is 4.53. The zero-order chi connectivity index (χ0) is 13.8. The summed E-state index contributed by atoms with van der Waals surface area (Å²) in [5.41, 5.74) is 5.53. The molecule has 19 heavy (non-hydrogen) atoms. The molecule has 2 N–H and O–H groups in total. The Morgan fingerprint density at radius 1 is 1.26 bits per heavy atom. The van der Waals surface area contributed by atoms with Crippen LogP contribution in [0.25, 0.3) is 0 Å². The van der Waals surface area contributed by atoms with E-state index >= 15 is 0 Å². The normalized spacial score (nSPS) is 11.4. The van der Waals surface area contributed by atoms with E-state index in [2.05, 4.69) is 38.8 Å². The van der Waals surface area contributed by atoms with Crippen LogP contribution in [0.3, 0.4) is 0 Å². The molecule has 0 radical (unpaired) electrons. The van der Waals surface area contributed by atoms with Gasteiger partial charge in [0.25, 0.3) is 0 Å². The second-order valence-corrected chi connectivity index (χ2v) is 5.48. The first-order valence-electron chi connectivity index (χ1n) is 6.23. The van der Waals surface area contributed by atoms with Crippen molar-refractivity contribution in [2.75, 3.05) is 6.54 Å². The van der Waals surface area contributed by atoms with Crippen LogP contribution in [0, 0.1) is 0 Å². The van der Waals surface area contributed by atoms with E-state index in [0.717, 1.165) is 29.0 Å². The van der Waals surface area contributed by atoms with Crippen molar-refractivity contribution >= 4 is 11.8 Å². The number of rotatable bonds is 6. The van der Waals surface area contributed by atoms with Crippen LogP contribution in [0.4, 0.5) is 0 Å². The van der Waals surface area contributed by atoms with Gasteiger partial charge in [-0.1, -0.05) is 11.8 Å². The summed E-state index contributed by atoms with van der Waals surface area (Å²) in [5.74, 6) is 2.59. The summed E-state index contributed by atoms with van der Waals surface area (Å²) in [6.45, 7) is 4.80. The van der Waals surface area contributed by atoms with Crippen molar-refractivity contribution in [1.82, 2.24) is 29.5 Å². The molecule has 0 aliphatic heterocycles. The highest BCUT2D eigenvalue weighted by atomic mass is 32.2. The van der Waals surface area contributed by atoms with E-state index in [0.29, 0.717) is 12.6 Å². The predicted molar refractivity (Wildman–Crippen MR) is 73.7 cm³/mol. The first-order valence-corrected chi connectivity index (χ1v) is 7.21. The zero-order valence-electron chi connectivity index (χ0n) is 11.4. The van der Waals surface area contributed by atoms with Crippen molar-refractivity contribution in [2.45, 2.75) is 37.2 Å². The quantitative estimate of drug-likeness (QED) is 0.787. The van der Waals surface area contributed by atoms with Gasteiger partial charge in [0.15, 0.2) is 5.16 Å². The molecule has 0 aliphatic rings. The lowest BCUT2D eigenvalue weighted by Crippen LogP contribution is -2.08. The van der Waals surface area contributed by atoms with Gasteiger partial charge in [0, 0.05) is 19.5 Å². The molecule has 8 heteroatoms. The van der Waals surface area contributed by atoms with Gasteiger partial charge in [0.05, 0.1) is 5.75 Å². The summed E-state index contributed by atoms with van der Waals surface area (Å²) in [5, 5.41) is 17.3. The minimum absolute atomic E-state index is 0.359. The fraction of sp³-hybridized carbons (Fsp3) is 0.636. The van der Waals surface area contributed by atoms with E-state index in [1.54, 1.807) is 18.1 Å². The van der Waals surface area contributed by atoms with Gasteiger partial charge >= 0.3 is 0 Å². The molecule has 2 heterocycles. The molecule has 0 aromatic carbocycles. The third-order valence-electron chi connectivity index (χ3n) is 2.83. The van der Waals surface area contributed by atoms with Gasteiger partial charge in [0.1, 0.15) is 18.0 Å². The molecule has 0 saturated carbocycles. The first-order chi connectivity index (χ1) is 9.13. The Hall–Kier alpha value is -1.41. The van der Waals surface area contributed by atoms with Crippen LogP contribution in [0.5, 0.6) is 0 Å². The standard InChI is InChI=1S/C11H19N7S/c1-8(2)18-7-13-14-10(18)6-19-11-16-15-9(4-5-12)17(11)3/h7-8H,4-6,12H2,1-3H3. The molecule has 0 aliphatic carbocycles. The van der Waals surface area contributed by atoms with E-state index in [4.69, 9.17) is 5.73 Å². The smallest absolute Gasteiger partial charge is 0.191 e. The first kappa shape index (κ1) is 14.0. The Morgan fingerprint density at radius 2 is 2.05 bits per heavy atom. The van der Waals surface area contributed by atoms with Crippen LogP contribution in [-0.4, -0.2) is 36.1 Å². The minimum Gasteiger partial charge on any atom is -0.330 e. The molecule has 0 unspecified atom stereocenters. The Morgan fingerprint density at radius 3 is 2.74 bits per heavy atom. The number of aromatic nitrogens is 6. The SMILES string of the molecule is CC(C)n1cnnc1CSc1nnc(CCN)n1C. The van der Waals surface area contributed by atoms with Crippen molar-refractivity contribution < 1.29 is 0 Å². The van der Waals surface area contributed by atoms with E-state index in [1.165, 1.54) is 0 Å². The maximum absolute atomic E-state index is 5.53. The summed E-state index contributed by atoms with van der Waals surface area (Å²) >= 11 is 1.61. The number of hydrogen-bond donors (Lipinski definition) is 1. The van der Waals surface area contributed by atoms with Gasteiger partial charge in [-0.25, -0.2) is 0 Å². The van der Waals surface area contributed by atoms with E-state index < -0.39 is 0 Å². The lowest BCUT2D eigenvalue weighted by Gasteiger charge is -2.09. The van der Waals surface area contributed by atoms with Gasteiger partial charge in [-0.2, -0.15) is 0 Å². The molecule has 0 fully saturated rings. The zero-order valence-corrected chi connectivity index (χ0v) is 12.3. The van der Waals surface area contributed by atoms with Gasteiger partial charge < -0.3 is 14.9 Å². The molecule has 0 spiro atoms. The van der Waals surface area contributed by atoms with Crippen LogP contribution in [0.1, 0.15) is 31.5 Å². The molecule has 0 amide bonds. The molecule has 0 saturated heterocycles. The summed E-state index contributed by atoms with van der Waals surface area (Å²) < 4.78 is 4.04. The van der Waals surface area contributed by atoms with Crippen molar-refractivity contribution in [1.29, 1.82) is 0 Å². The van der Waals surface area contributed by atoms with Gasteiger partial charge in [0.2, 0.25) is 0 Å². The molecular weight excluding hydrogens is 262 g/mol. The average Bonchev–Trinajstić information content (AvgIpc) is 2.96. The van der Waals surface area contributed by atoms with Crippen molar-refractivity contribution in [3.8, 4) is 0 Å². The maximum Gasteiger partial charge on any atom is 0.191 e. The van der Waals surface area contributed by atoms with Crippen LogP contribution < -0.4 is 5.73 Å². The number of thioether (sulfide) groups is 1. The molecule has 2 rings (SSSR count). The van der Waals surface area contributed by atoms with Crippen molar-refractivity contribution in [3.05, 3.63) is 18.0 Å². The van der Waals surface area contributed by atoms with Crippen LogP contribution in [0.15, 0.2) is 11.5 Å². The summed E-state index contributed by atoms with van der Waals surface area (Å²) in [6, 6.07) is 0.359. The van der Waals surface area contributed by atoms with E-state index in [-0.39, 0.29) is 0 Å². The second kappa shape index (κ2) is 6.16. The third-order valence-corrected chi connectivity index (χ3v) is 3.84.